The number of nitrogens with one attached hydrogen (secondary N) is 1. The number of hydrogen-bond donors (Lipinski definition) is 2. The van der Waals surface area contributed by atoms with E-state index >= 15 is 0 Å². The van der Waals surface area contributed by atoms with Crippen molar-refractivity contribution in [3.8, 4) is 0 Å². The highest BCUT2D eigenvalue weighted by Crippen LogP contribution is 2.28. The number of nitrogens with zero attached hydrogens (tertiary/aromatic N) is 3. The van der Waals surface area contributed by atoms with Crippen molar-refractivity contribution < 1.29 is 14.7 Å². The summed E-state index contributed by atoms with van der Waals surface area (Å²) in [7, 11) is 1.92. The van der Waals surface area contributed by atoms with Gasteiger partial charge in [-0.25, -0.2) is 4.79 Å². The van der Waals surface area contributed by atoms with Crippen molar-refractivity contribution in [1.82, 2.24) is 20.0 Å². The van der Waals surface area contributed by atoms with Crippen LogP contribution in [0.25, 0.3) is 0 Å². The van der Waals surface area contributed by atoms with Gasteiger partial charge in [0.05, 0.1) is 12.1 Å². The molecule has 1 saturated heterocycles. The van der Waals surface area contributed by atoms with E-state index in [0.29, 0.717) is 18.8 Å². The SMILES string of the molecule is Cn1cc(C2CCN(C(=O)NC3CCC(C(=O)O)CC3)CC2)cn1. The van der Waals surface area contributed by atoms with Gasteiger partial charge in [-0.05, 0) is 50.0 Å². The third kappa shape index (κ3) is 3.88. The summed E-state index contributed by atoms with van der Waals surface area (Å²) in [5.41, 5.74) is 1.25. The Kier molecular flexibility index (Phi) is 5.06. The highest BCUT2D eigenvalue weighted by molar-refractivity contribution is 5.75. The Morgan fingerprint density at radius 1 is 1.17 bits per heavy atom. The number of aryl methyl sites for hydroxylation is 1. The average molecular weight is 334 g/mol. The van der Waals surface area contributed by atoms with E-state index in [0.717, 1.165) is 38.8 Å². The number of aliphatic carboxylic acids is 1. The molecule has 1 aromatic rings. The van der Waals surface area contributed by atoms with Crippen molar-refractivity contribution in [3.63, 3.8) is 0 Å². The van der Waals surface area contributed by atoms with Gasteiger partial charge in [-0.2, -0.15) is 5.10 Å². The maximum Gasteiger partial charge on any atom is 0.317 e. The highest BCUT2D eigenvalue weighted by atomic mass is 16.4. The zero-order valence-electron chi connectivity index (χ0n) is 14.1. The first-order valence-corrected chi connectivity index (χ1v) is 8.79. The third-order valence-corrected chi connectivity index (χ3v) is 5.38. The molecule has 0 radical (unpaired) electrons. The second-order valence-corrected chi connectivity index (χ2v) is 7.04. The molecular formula is C17H26N4O3. The minimum atomic E-state index is -0.711. The number of carbonyl (C=O) groups is 2. The molecule has 1 aliphatic heterocycles. The molecule has 7 heteroatoms. The van der Waals surface area contributed by atoms with Gasteiger partial charge in [0.1, 0.15) is 0 Å². The maximum atomic E-state index is 12.4. The van der Waals surface area contributed by atoms with Crippen LogP contribution in [-0.2, 0) is 11.8 Å². The average Bonchev–Trinajstić information content (AvgIpc) is 3.02. The number of amides is 2. The van der Waals surface area contributed by atoms with Gasteiger partial charge in [-0.15, -0.1) is 0 Å². The first kappa shape index (κ1) is 16.8. The smallest absolute Gasteiger partial charge is 0.317 e. The molecule has 1 aromatic heterocycles. The van der Waals surface area contributed by atoms with E-state index < -0.39 is 5.97 Å². The molecule has 2 N–H and O–H groups in total. The predicted molar refractivity (Wildman–Crippen MR) is 88.7 cm³/mol. The Morgan fingerprint density at radius 2 is 1.83 bits per heavy atom. The van der Waals surface area contributed by atoms with E-state index in [1.54, 1.807) is 0 Å². The largest absolute Gasteiger partial charge is 0.481 e. The topological polar surface area (TPSA) is 87.5 Å². The summed E-state index contributed by atoms with van der Waals surface area (Å²) in [6.07, 6.45) is 8.73. The van der Waals surface area contributed by atoms with Crippen LogP contribution in [0.3, 0.4) is 0 Å². The van der Waals surface area contributed by atoms with E-state index in [1.165, 1.54) is 5.56 Å². The lowest BCUT2D eigenvalue weighted by Crippen LogP contribution is -2.48. The van der Waals surface area contributed by atoms with E-state index in [2.05, 4.69) is 16.6 Å². The van der Waals surface area contributed by atoms with E-state index in [9.17, 15) is 9.59 Å². The fraction of sp³-hybridized carbons (Fsp3) is 0.706. The fourth-order valence-corrected chi connectivity index (χ4v) is 3.82. The fourth-order valence-electron chi connectivity index (χ4n) is 3.82. The minimum Gasteiger partial charge on any atom is -0.481 e. The molecule has 2 aliphatic rings. The number of carbonyl (C=O) groups excluding carboxylic acids is 1. The first-order valence-electron chi connectivity index (χ1n) is 8.79. The summed E-state index contributed by atoms with van der Waals surface area (Å²) in [5.74, 6) is -0.473. The number of urea groups is 1. The molecule has 2 amide bonds. The molecule has 0 bridgehead atoms. The highest BCUT2D eigenvalue weighted by Gasteiger charge is 2.29. The van der Waals surface area contributed by atoms with Crippen molar-refractivity contribution in [2.24, 2.45) is 13.0 Å². The van der Waals surface area contributed by atoms with Crippen LogP contribution in [0.2, 0.25) is 0 Å². The number of rotatable bonds is 3. The molecule has 24 heavy (non-hydrogen) atoms. The Bertz CT molecular complexity index is 584. The van der Waals surface area contributed by atoms with E-state index in [1.807, 2.05) is 22.8 Å². The second-order valence-electron chi connectivity index (χ2n) is 7.04. The zero-order chi connectivity index (χ0) is 17.1. The Morgan fingerprint density at radius 3 is 2.38 bits per heavy atom. The molecule has 1 aliphatic carbocycles. The van der Waals surface area contributed by atoms with Gasteiger partial charge in [-0.1, -0.05) is 0 Å². The third-order valence-electron chi connectivity index (χ3n) is 5.38. The maximum absolute atomic E-state index is 12.4. The quantitative estimate of drug-likeness (QED) is 0.884. The molecule has 2 heterocycles. The molecule has 0 atom stereocenters. The number of aromatic nitrogens is 2. The van der Waals surface area contributed by atoms with Crippen molar-refractivity contribution >= 4 is 12.0 Å². The number of hydrogen-bond acceptors (Lipinski definition) is 3. The van der Waals surface area contributed by atoms with Gasteiger partial charge < -0.3 is 15.3 Å². The van der Waals surface area contributed by atoms with Crippen molar-refractivity contribution in [2.45, 2.75) is 50.5 Å². The van der Waals surface area contributed by atoms with Crippen LogP contribution in [-0.4, -0.2) is 50.9 Å². The predicted octanol–water partition coefficient (Wildman–Crippen LogP) is 1.95. The van der Waals surface area contributed by atoms with Crippen LogP contribution < -0.4 is 5.32 Å². The van der Waals surface area contributed by atoms with E-state index in [-0.39, 0.29) is 18.0 Å². The summed E-state index contributed by atoms with van der Waals surface area (Å²) >= 11 is 0. The second kappa shape index (κ2) is 7.23. The summed E-state index contributed by atoms with van der Waals surface area (Å²) in [6.45, 7) is 1.52. The van der Waals surface area contributed by atoms with Gasteiger partial charge in [-0.3, -0.25) is 9.48 Å². The molecule has 0 aromatic carbocycles. The normalized spacial score (nSPS) is 25.5. The standard InChI is InChI=1S/C17H26N4O3/c1-20-11-14(10-18-20)12-6-8-21(9-7-12)17(24)19-15-4-2-13(3-5-15)16(22)23/h10-13,15H,2-9H2,1H3,(H,19,24)(H,22,23). The summed E-state index contributed by atoms with van der Waals surface area (Å²) in [5, 5.41) is 16.3. The number of carboxylic acid groups (broad SMARTS) is 1. The van der Waals surface area contributed by atoms with Gasteiger partial charge in [0.2, 0.25) is 0 Å². The van der Waals surface area contributed by atoms with Gasteiger partial charge in [0.25, 0.3) is 0 Å². The van der Waals surface area contributed by atoms with Crippen molar-refractivity contribution in [3.05, 3.63) is 18.0 Å². The lowest BCUT2D eigenvalue weighted by Gasteiger charge is -2.34. The summed E-state index contributed by atoms with van der Waals surface area (Å²) in [4.78, 5) is 25.3. The number of carboxylic acids is 1. The Hall–Kier alpha value is -2.05. The van der Waals surface area contributed by atoms with Crippen molar-refractivity contribution in [1.29, 1.82) is 0 Å². The number of piperidine rings is 1. The van der Waals surface area contributed by atoms with Crippen LogP contribution >= 0.6 is 0 Å². The molecule has 132 valence electrons. The Balaban J connectivity index is 1.43. The molecule has 0 unspecified atom stereocenters. The summed E-state index contributed by atoms with van der Waals surface area (Å²) < 4.78 is 1.82. The van der Waals surface area contributed by atoms with Gasteiger partial charge in [0.15, 0.2) is 0 Å². The molecule has 1 saturated carbocycles. The lowest BCUT2D eigenvalue weighted by atomic mass is 9.86. The van der Waals surface area contributed by atoms with Crippen LogP contribution in [0.15, 0.2) is 12.4 Å². The molecule has 7 nitrogen and oxygen atoms in total. The zero-order valence-corrected chi connectivity index (χ0v) is 14.1. The molecule has 0 spiro atoms. The van der Waals surface area contributed by atoms with Crippen LogP contribution in [0, 0.1) is 5.92 Å². The summed E-state index contributed by atoms with van der Waals surface area (Å²) in [6, 6.07) is 0.113. The van der Waals surface area contributed by atoms with Crippen LogP contribution in [0.1, 0.15) is 50.0 Å². The number of likely N-dealkylation sites (tertiary alicyclic amines) is 1. The first-order chi connectivity index (χ1) is 11.5. The van der Waals surface area contributed by atoms with Crippen LogP contribution in [0.5, 0.6) is 0 Å². The minimum absolute atomic E-state index is 0.00147. The molecule has 3 rings (SSSR count). The van der Waals surface area contributed by atoms with E-state index in [4.69, 9.17) is 5.11 Å². The van der Waals surface area contributed by atoms with Crippen LogP contribution in [0.4, 0.5) is 4.79 Å². The van der Waals surface area contributed by atoms with Crippen molar-refractivity contribution in [2.75, 3.05) is 13.1 Å². The Labute approximate surface area is 142 Å². The van der Waals surface area contributed by atoms with Gasteiger partial charge in [0, 0.05) is 32.4 Å². The monoisotopic (exact) mass is 334 g/mol. The molecule has 2 fully saturated rings. The van der Waals surface area contributed by atoms with Gasteiger partial charge >= 0.3 is 12.0 Å². The molecular weight excluding hydrogens is 308 g/mol. The lowest BCUT2D eigenvalue weighted by molar-refractivity contribution is -0.142.